The van der Waals surface area contributed by atoms with E-state index in [4.69, 9.17) is 22.1 Å². The molecule has 1 aromatic heterocycles. The smallest absolute Gasteiger partial charge is 0.133 e. The van der Waals surface area contributed by atoms with Gasteiger partial charge in [-0.05, 0) is 23.8 Å². The van der Waals surface area contributed by atoms with Crippen LogP contribution < -0.4 is 10.6 Å². The minimum absolute atomic E-state index is 0.564. The van der Waals surface area contributed by atoms with Crippen molar-refractivity contribution in [2.75, 3.05) is 36.9 Å². The predicted molar refractivity (Wildman–Crippen MR) is 87.1 cm³/mol. The number of hydrogen-bond acceptors (Lipinski definition) is 4. The molecule has 2 N–H and O–H groups in total. The third kappa shape index (κ3) is 2.89. The minimum atomic E-state index is 0.564. The van der Waals surface area contributed by atoms with E-state index in [0.717, 1.165) is 24.5 Å². The Bertz CT molecular complexity index is 696. The number of nitrogens with two attached hydrogens (primary N) is 1. The number of aromatic nitrogens is 1. The standard InChI is InChI=1S/C16H17ClN4O/c17-13-3-1-12(2-4-13)11-21-14(10-18)9-15(19)16(21)20-5-7-22-8-6-20/h1-4,9H,5-8,11,19H2. The largest absolute Gasteiger partial charge is 0.396 e. The summed E-state index contributed by atoms with van der Waals surface area (Å²) in [5.74, 6) is 0.898. The molecular formula is C16H17ClN4O. The highest BCUT2D eigenvalue weighted by Gasteiger charge is 2.21. The summed E-state index contributed by atoms with van der Waals surface area (Å²) in [6, 6.07) is 11.6. The molecule has 2 heterocycles. The summed E-state index contributed by atoms with van der Waals surface area (Å²) in [5, 5.41) is 10.1. The molecule has 22 heavy (non-hydrogen) atoms. The summed E-state index contributed by atoms with van der Waals surface area (Å²) < 4.78 is 7.36. The number of benzene rings is 1. The zero-order valence-electron chi connectivity index (χ0n) is 12.1. The van der Waals surface area contributed by atoms with Crippen LogP contribution in [0.3, 0.4) is 0 Å². The molecule has 3 rings (SSSR count). The van der Waals surface area contributed by atoms with Crippen LogP contribution in [0.5, 0.6) is 0 Å². The number of nitrogens with zero attached hydrogens (tertiary/aromatic N) is 3. The van der Waals surface area contributed by atoms with Crippen LogP contribution in [0.25, 0.3) is 0 Å². The van der Waals surface area contributed by atoms with E-state index in [2.05, 4.69) is 11.0 Å². The first-order valence-electron chi connectivity index (χ1n) is 7.15. The summed E-state index contributed by atoms with van der Waals surface area (Å²) in [7, 11) is 0. The van der Waals surface area contributed by atoms with Gasteiger partial charge in [0.25, 0.3) is 0 Å². The Hall–Kier alpha value is -2.16. The van der Waals surface area contributed by atoms with E-state index < -0.39 is 0 Å². The summed E-state index contributed by atoms with van der Waals surface area (Å²) in [4.78, 5) is 2.18. The second-order valence-electron chi connectivity index (χ2n) is 5.23. The summed E-state index contributed by atoms with van der Waals surface area (Å²) in [5.41, 5.74) is 8.42. The average Bonchev–Trinajstić information content (AvgIpc) is 2.86. The molecule has 1 fully saturated rings. The van der Waals surface area contributed by atoms with Gasteiger partial charge in [-0.1, -0.05) is 23.7 Å². The van der Waals surface area contributed by atoms with Gasteiger partial charge in [0.1, 0.15) is 17.6 Å². The highest BCUT2D eigenvalue weighted by atomic mass is 35.5. The van der Waals surface area contributed by atoms with Crippen molar-refractivity contribution in [3.8, 4) is 6.07 Å². The Kier molecular flexibility index (Phi) is 4.23. The third-order valence-corrected chi connectivity index (χ3v) is 4.03. The van der Waals surface area contributed by atoms with Crippen molar-refractivity contribution >= 4 is 23.1 Å². The van der Waals surface area contributed by atoms with Gasteiger partial charge in [-0.2, -0.15) is 5.26 Å². The van der Waals surface area contributed by atoms with E-state index >= 15 is 0 Å². The number of hydrogen-bond donors (Lipinski definition) is 1. The first-order valence-corrected chi connectivity index (χ1v) is 7.53. The Labute approximate surface area is 134 Å². The van der Waals surface area contributed by atoms with Gasteiger partial charge in [-0.15, -0.1) is 0 Å². The fraction of sp³-hybridized carbons (Fsp3) is 0.312. The zero-order chi connectivity index (χ0) is 15.5. The van der Waals surface area contributed by atoms with Gasteiger partial charge in [-0.25, -0.2) is 0 Å². The molecule has 0 amide bonds. The maximum atomic E-state index is 9.39. The zero-order valence-corrected chi connectivity index (χ0v) is 12.9. The molecule has 0 spiro atoms. The summed E-state index contributed by atoms with van der Waals surface area (Å²) in [6.45, 7) is 3.49. The lowest BCUT2D eigenvalue weighted by Crippen LogP contribution is -2.38. The molecule has 0 saturated carbocycles. The van der Waals surface area contributed by atoms with Crippen molar-refractivity contribution in [1.82, 2.24) is 4.57 Å². The van der Waals surface area contributed by atoms with E-state index in [1.54, 1.807) is 6.07 Å². The van der Waals surface area contributed by atoms with Crippen LogP contribution >= 0.6 is 11.6 Å². The molecular weight excluding hydrogens is 300 g/mol. The molecule has 1 aromatic carbocycles. The Morgan fingerprint density at radius 2 is 1.91 bits per heavy atom. The van der Waals surface area contributed by atoms with Gasteiger partial charge in [0.2, 0.25) is 0 Å². The Morgan fingerprint density at radius 1 is 1.23 bits per heavy atom. The number of nitrogen functional groups attached to an aromatic ring is 1. The average molecular weight is 317 g/mol. The molecule has 1 aliphatic heterocycles. The van der Waals surface area contributed by atoms with Crippen LogP contribution in [0.2, 0.25) is 5.02 Å². The van der Waals surface area contributed by atoms with E-state index in [1.165, 1.54) is 0 Å². The van der Waals surface area contributed by atoms with Crippen LogP contribution in [-0.2, 0) is 11.3 Å². The number of nitriles is 1. The molecule has 114 valence electrons. The second kappa shape index (κ2) is 6.30. The SMILES string of the molecule is N#Cc1cc(N)c(N2CCOCC2)n1Cc1ccc(Cl)cc1. The van der Waals surface area contributed by atoms with Crippen LogP contribution in [0.1, 0.15) is 11.3 Å². The van der Waals surface area contributed by atoms with E-state index in [1.807, 2.05) is 28.8 Å². The van der Waals surface area contributed by atoms with Gasteiger partial charge in [0.15, 0.2) is 0 Å². The van der Waals surface area contributed by atoms with Crippen LogP contribution in [-0.4, -0.2) is 30.9 Å². The first kappa shape index (κ1) is 14.8. The fourth-order valence-electron chi connectivity index (χ4n) is 2.71. The molecule has 0 atom stereocenters. The quantitative estimate of drug-likeness (QED) is 0.944. The number of ether oxygens (including phenoxy) is 1. The van der Waals surface area contributed by atoms with Crippen LogP contribution in [0.4, 0.5) is 11.5 Å². The minimum Gasteiger partial charge on any atom is -0.396 e. The summed E-state index contributed by atoms with van der Waals surface area (Å²) in [6.07, 6.45) is 0. The highest BCUT2D eigenvalue weighted by Crippen LogP contribution is 2.29. The van der Waals surface area contributed by atoms with Crippen molar-refractivity contribution in [1.29, 1.82) is 5.26 Å². The van der Waals surface area contributed by atoms with Crippen LogP contribution in [0, 0.1) is 11.3 Å². The van der Waals surface area contributed by atoms with Gasteiger partial charge in [0.05, 0.1) is 25.4 Å². The molecule has 0 radical (unpaired) electrons. The highest BCUT2D eigenvalue weighted by molar-refractivity contribution is 6.30. The van der Waals surface area contributed by atoms with Crippen molar-refractivity contribution in [3.63, 3.8) is 0 Å². The monoisotopic (exact) mass is 316 g/mol. The summed E-state index contributed by atoms with van der Waals surface area (Å²) >= 11 is 5.93. The van der Waals surface area contributed by atoms with Gasteiger partial charge in [0, 0.05) is 18.1 Å². The lowest BCUT2D eigenvalue weighted by molar-refractivity contribution is 0.122. The number of anilines is 2. The molecule has 0 unspecified atom stereocenters. The number of morpholine rings is 1. The molecule has 6 heteroatoms. The van der Waals surface area contributed by atoms with Crippen molar-refractivity contribution < 1.29 is 4.74 Å². The molecule has 2 aromatic rings. The lowest BCUT2D eigenvalue weighted by atomic mass is 10.2. The second-order valence-corrected chi connectivity index (χ2v) is 5.67. The van der Waals surface area contributed by atoms with E-state index in [9.17, 15) is 5.26 Å². The maximum Gasteiger partial charge on any atom is 0.133 e. The van der Waals surface area contributed by atoms with Crippen molar-refractivity contribution in [3.05, 3.63) is 46.6 Å². The molecule has 1 saturated heterocycles. The van der Waals surface area contributed by atoms with Crippen molar-refractivity contribution in [2.24, 2.45) is 0 Å². The van der Waals surface area contributed by atoms with E-state index in [-0.39, 0.29) is 0 Å². The molecule has 5 nitrogen and oxygen atoms in total. The Balaban J connectivity index is 1.97. The van der Waals surface area contributed by atoms with Crippen molar-refractivity contribution in [2.45, 2.75) is 6.54 Å². The lowest BCUT2D eigenvalue weighted by Gasteiger charge is -2.30. The Morgan fingerprint density at radius 3 is 2.55 bits per heavy atom. The number of halogens is 1. The van der Waals surface area contributed by atoms with Gasteiger partial charge < -0.3 is 19.9 Å². The molecule has 0 bridgehead atoms. The number of rotatable bonds is 3. The molecule has 1 aliphatic rings. The van der Waals surface area contributed by atoms with E-state index in [0.29, 0.717) is 36.2 Å². The van der Waals surface area contributed by atoms with Crippen LogP contribution in [0.15, 0.2) is 30.3 Å². The predicted octanol–water partition coefficient (Wildman–Crippen LogP) is 2.48. The van der Waals surface area contributed by atoms with Gasteiger partial charge >= 0.3 is 0 Å². The first-order chi connectivity index (χ1) is 10.7. The third-order valence-electron chi connectivity index (χ3n) is 3.78. The normalized spacial score (nSPS) is 14.8. The maximum absolute atomic E-state index is 9.39. The molecule has 0 aliphatic carbocycles. The van der Waals surface area contributed by atoms with Gasteiger partial charge in [-0.3, -0.25) is 0 Å². The fourth-order valence-corrected chi connectivity index (χ4v) is 2.84. The topological polar surface area (TPSA) is 67.2 Å².